The molecule has 2 heterocycles. The van der Waals surface area contributed by atoms with Crippen LogP contribution in [0, 0.1) is 11.3 Å². The lowest BCUT2D eigenvalue weighted by Crippen LogP contribution is -2.15. The number of benzene rings is 6. The molecule has 210 valence electrons. The molecule has 8 aromatic rings. The van der Waals surface area contributed by atoms with E-state index in [1.165, 1.54) is 44.0 Å². The summed E-state index contributed by atoms with van der Waals surface area (Å²) in [5.41, 5.74) is 11.9. The normalized spacial score (nSPS) is 13.3. The van der Waals surface area contributed by atoms with Crippen LogP contribution in [0.2, 0.25) is 0 Å². The number of pyridine rings is 2. The number of hydrogen-bond acceptors (Lipinski definition) is 3. The molecular formula is C42H27N3. The fourth-order valence-corrected chi connectivity index (χ4v) is 7.42. The lowest BCUT2D eigenvalue weighted by molar-refractivity contribution is 0.660. The Bertz CT molecular complexity index is 2570. The molecule has 0 bridgehead atoms. The quantitative estimate of drug-likeness (QED) is 0.193. The molecule has 0 saturated heterocycles. The van der Waals surface area contributed by atoms with Crippen LogP contribution in [0.15, 0.2) is 128 Å². The van der Waals surface area contributed by atoms with E-state index in [4.69, 9.17) is 9.97 Å². The predicted molar refractivity (Wildman–Crippen MR) is 185 cm³/mol. The third-order valence-electron chi connectivity index (χ3n) is 9.71. The summed E-state index contributed by atoms with van der Waals surface area (Å²) in [6, 6.07) is 45.3. The van der Waals surface area contributed by atoms with E-state index in [1.54, 1.807) is 0 Å². The summed E-state index contributed by atoms with van der Waals surface area (Å²) in [5, 5.41) is 16.4. The molecule has 0 aliphatic heterocycles. The standard InChI is InChI=1S/C42H27N3/c1-42(2)35-22-25(24-43)9-18-31(35)32-19-17-30(23-36(32)42)26-10-13-29(14-11-26)40-34-20-16-27-12-15-28-6-5-21-44-41(28)38(27)39(34)33-7-3-4-8-37(33)45-40/h3-23H,1-2H3. The highest BCUT2D eigenvalue weighted by molar-refractivity contribution is 6.28. The minimum Gasteiger partial charge on any atom is -0.256 e. The van der Waals surface area contributed by atoms with Crippen molar-refractivity contribution in [3.63, 3.8) is 0 Å². The van der Waals surface area contributed by atoms with Crippen LogP contribution in [-0.4, -0.2) is 9.97 Å². The van der Waals surface area contributed by atoms with Gasteiger partial charge < -0.3 is 0 Å². The molecule has 0 N–H and O–H groups in total. The van der Waals surface area contributed by atoms with Crippen LogP contribution in [0.25, 0.3) is 76.9 Å². The van der Waals surface area contributed by atoms with E-state index >= 15 is 0 Å². The lowest BCUT2D eigenvalue weighted by atomic mass is 9.81. The topological polar surface area (TPSA) is 49.6 Å². The highest BCUT2D eigenvalue weighted by Crippen LogP contribution is 2.50. The first-order chi connectivity index (χ1) is 22.0. The van der Waals surface area contributed by atoms with Crippen LogP contribution in [-0.2, 0) is 5.41 Å². The Labute approximate surface area is 261 Å². The van der Waals surface area contributed by atoms with Gasteiger partial charge in [-0.25, -0.2) is 4.98 Å². The van der Waals surface area contributed by atoms with Gasteiger partial charge in [0.05, 0.1) is 28.4 Å². The second kappa shape index (κ2) is 9.32. The Morgan fingerprint density at radius 2 is 1.31 bits per heavy atom. The summed E-state index contributed by atoms with van der Waals surface area (Å²) in [6.45, 7) is 4.51. The maximum atomic E-state index is 9.50. The zero-order valence-corrected chi connectivity index (χ0v) is 25.0. The van der Waals surface area contributed by atoms with Gasteiger partial charge in [-0.2, -0.15) is 5.26 Å². The Kier molecular flexibility index (Phi) is 5.31. The molecule has 6 aromatic carbocycles. The van der Waals surface area contributed by atoms with Crippen LogP contribution in [0.3, 0.4) is 0 Å². The van der Waals surface area contributed by atoms with Crippen molar-refractivity contribution in [3.05, 3.63) is 144 Å². The van der Waals surface area contributed by atoms with Gasteiger partial charge in [0.1, 0.15) is 0 Å². The van der Waals surface area contributed by atoms with Crippen molar-refractivity contribution in [1.29, 1.82) is 5.26 Å². The van der Waals surface area contributed by atoms with Gasteiger partial charge in [-0.15, -0.1) is 0 Å². The highest BCUT2D eigenvalue weighted by Gasteiger charge is 2.35. The minimum atomic E-state index is -0.177. The van der Waals surface area contributed by atoms with Crippen LogP contribution in [0.5, 0.6) is 0 Å². The number of rotatable bonds is 2. The average molecular weight is 574 g/mol. The highest BCUT2D eigenvalue weighted by atomic mass is 14.7. The number of hydrogen-bond donors (Lipinski definition) is 0. The van der Waals surface area contributed by atoms with Gasteiger partial charge in [0.15, 0.2) is 0 Å². The van der Waals surface area contributed by atoms with E-state index in [0.717, 1.165) is 44.0 Å². The molecule has 0 unspecified atom stereocenters. The molecule has 2 aromatic heterocycles. The summed E-state index contributed by atoms with van der Waals surface area (Å²) in [6.07, 6.45) is 1.88. The van der Waals surface area contributed by atoms with Crippen molar-refractivity contribution in [3.8, 4) is 39.6 Å². The van der Waals surface area contributed by atoms with E-state index in [-0.39, 0.29) is 5.41 Å². The zero-order valence-electron chi connectivity index (χ0n) is 25.0. The number of nitriles is 1. The fraction of sp³-hybridized carbons (Fsp3) is 0.0714. The van der Waals surface area contributed by atoms with E-state index in [1.807, 2.05) is 24.4 Å². The summed E-state index contributed by atoms with van der Waals surface area (Å²) < 4.78 is 0. The van der Waals surface area contributed by atoms with E-state index in [2.05, 4.69) is 123 Å². The number of nitrogens with zero attached hydrogens (tertiary/aromatic N) is 3. The second-order valence-corrected chi connectivity index (χ2v) is 12.5. The van der Waals surface area contributed by atoms with Gasteiger partial charge in [0.2, 0.25) is 0 Å². The van der Waals surface area contributed by atoms with Gasteiger partial charge in [-0.3, -0.25) is 4.98 Å². The van der Waals surface area contributed by atoms with Crippen LogP contribution >= 0.6 is 0 Å². The van der Waals surface area contributed by atoms with Crippen molar-refractivity contribution >= 4 is 43.4 Å². The number of aromatic nitrogens is 2. The van der Waals surface area contributed by atoms with Crippen LogP contribution in [0.4, 0.5) is 0 Å². The van der Waals surface area contributed by atoms with E-state index in [9.17, 15) is 5.26 Å². The molecule has 1 aliphatic carbocycles. The first-order valence-electron chi connectivity index (χ1n) is 15.3. The number of para-hydroxylation sites is 1. The zero-order chi connectivity index (χ0) is 30.3. The molecule has 9 rings (SSSR count). The third-order valence-corrected chi connectivity index (χ3v) is 9.71. The smallest absolute Gasteiger partial charge is 0.0991 e. The molecule has 0 amide bonds. The Morgan fingerprint density at radius 3 is 2.16 bits per heavy atom. The third kappa shape index (κ3) is 3.70. The molecule has 3 nitrogen and oxygen atoms in total. The van der Waals surface area contributed by atoms with Gasteiger partial charge in [-0.05, 0) is 69.1 Å². The average Bonchev–Trinajstić information content (AvgIpc) is 3.32. The lowest BCUT2D eigenvalue weighted by Gasteiger charge is -2.22. The maximum Gasteiger partial charge on any atom is 0.0991 e. The van der Waals surface area contributed by atoms with Crippen molar-refractivity contribution in [1.82, 2.24) is 9.97 Å². The Balaban J connectivity index is 1.20. The Hall–Kier alpha value is -5.85. The van der Waals surface area contributed by atoms with E-state index < -0.39 is 0 Å². The molecule has 0 spiro atoms. The van der Waals surface area contributed by atoms with Crippen molar-refractivity contribution in [2.24, 2.45) is 0 Å². The summed E-state index contributed by atoms with van der Waals surface area (Å²) in [5.74, 6) is 0. The first-order valence-corrected chi connectivity index (χ1v) is 15.3. The van der Waals surface area contributed by atoms with Gasteiger partial charge in [0, 0.05) is 44.1 Å². The van der Waals surface area contributed by atoms with Gasteiger partial charge >= 0.3 is 0 Å². The second-order valence-electron chi connectivity index (χ2n) is 12.5. The summed E-state index contributed by atoms with van der Waals surface area (Å²) in [4.78, 5) is 10.1. The molecule has 1 aliphatic rings. The monoisotopic (exact) mass is 573 g/mol. The predicted octanol–water partition coefficient (Wildman–Crippen LogP) is 10.6. The maximum absolute atomic E-state index is 9.50. The SMILES string of the molecule is CC1(C)c2cc(C#N)ccc2-c2ccc(-c3ccc(-c4nc5ccccc5c5c4ccc4ccc6cccnc6c45)cc3)cc21. The fourth-order valence-electron chi connectivity index (χ4n) is 7.42. The van der Waals surface area contributed by atoms with E-state index in [0.29, 0.717) is 5.56 Å². The summed E-state index contributed by atoms with van der Waals surface area (Å²) in [7, 11) is 0. The van der Waals surface area contributed by atoms with Crippen molar-refractivity contribution < 1.29 is 0 Å². The van der Waals surface area contributed by atoms with Crippen molar-refractivity contribution in [2.45, 2.75) is 19.3 Å². The van der Waals surface area contributed by atoms with Gasteiger partial charge in [-0.1, -0.05) is 105 Å². The van der Waals surface area contributed by atoms with Crippen molar-refractivity contribution in [2.75, 3.05) is 0 Å². The molecule has 0 saturated carbocycles. The number of fused-ring (bicyclic) bond motifs is 10. The molecule has 0 fully saturated rings. The summed E-state index contributed by atoms with van der Waals surface area (Å²) >= 11 is 0. The largest absolute Gasteiger partial charge is 0.256 e. The minimum absolute atomic E-state index is 0.177. The Morgan fingerprint density at radius 1 is 0.600 bits per heavy atom. The molecule has 0 radical (unpaired) electrons. The molecule has 45 heavy (non-hydrogen) atoms. The first kappa shape index (κ1) is 25.6. The van der Waals surface area contributed by atoms with Crippen LogP contribution < -0.4 is 0 Å². The molecule has 3 heteroatoms. The van der Waals surface area contributed by atoms with Crippen LogP contribution in [0.1, 0.15) is 30.5 Å². The molecular weight excluding hydrogens is 546 g/mol. The van der Waals surface area contributed by atoms with Gasteiger partial charge in [0.25, 0.3) is 0 Å². The molecule has 0 atom stereocenters.